The van der Waals surface area contributed by atoms with Crippen LogP contribution in [0, 0.1) is 18.8 Å². The van der Waals surface area contributed by atoms with Gasteiger partial charge in [-0.3, -0.25) is 4.79 Å². The van der Waals surface area contributed by atoms with Crippen LogP contribution in [0.4, 0.5) is 0 Å². The average molecular weight is 497 g/mol. The molecule has 2 aromatic carbocycles. The summed E-state index contributed by atoms with van der Waals surface area (Å²) >= 11 is 0. The Morgan fingerprint density at radius 3 is 2.66 bits per heavy atom. The average Bonchev–Trinajstić information content (AvgIpc) is 3.29. The number of likely N-dealkylation sites (tertiary alicyclic amines) is 1. The van der Waals surface area contributed by atoms with Crippen LogP contribution in [0.3, 0.4) is 0 Å². The van der Waals surface area contributed by atoms with E-state index in [1.807, 2.05) is 0 Å². The summed E-state index contributed by atoms with van der Waals surface area (Å²) in [5, 5.41) is 2.38. The zero-order valence-electron chi connectivity index (χ0n) is 21.5. The molecule has 2 saturated heterocycles. The van der Waals surface area contributed by atoms with Crippen molar-refractivity contribution >= 4 is 5.91 Å². The largest absolute Gasteiger partial charge is 1.00 e. The van der Waals surface area contributed by atoms with Crippen molar-refractivity contribution in [3.8, 4) is 5.75 Å². The molecule has 1 amide bonds. The van der Waals surface area contributed by atoms with Gasteiger partial charge in [-0.05, 0) is 49.1 Å². The van der Waals surface area contributed by atoms with Gasteiger partial charge in [-0.1, -0.05) is 75.2 Å². The van der Waals surface area contributed by atoms with Crippen LogP contribution in [0.1, 0.15) is 68.6 Å². The number of rotatable bonds is 5. The molecule has 5 rings (SSSR count). The Hall–Kier alpha value is -2.04. The number of ether oxygens (including phenoxy) is 1. The molecule has 2 N–H and O–H groups in total. The number of halogens is 1. The van der Waals surface area contributed by atoms with E-state index in [0.29, 0.717) is 30.4 Å². The highest BCUT2D eigenvalue weighted by Gasteiger charge is 2.55. The van der Waals surface area contributed by atoms with Crippen LogP contribution in [0.5, 0.6) is 5.75 Å². The first-order valence-electron chi connectivity index (χ1n) is 13.5. The molecule has 0 radical (unpaired) electrons. The van der Waals surface area contributed by atoms with E-state index in [0.717, 1.165) is 57.5 Å². The van der Waals surface area contributed by atoms with E-state index >= 15 is 0 Å². The molecule has 35 heavy (non-hydrogen) atoms. The third kappa shape index (κ3) is 4.60. The lowest BCUT2D eigenvalue weighted by molar-refractivity contribution is -0.640. The second kappa shape index (κ2) is 10.9. The third-order valence-corrected chi connectivity index (χ3v) is 9.21. The first-order valence-corrected chi connectivity index (χ1v) is 13.5. The first-order chi connectivity index (χ1) is 16.6. The van der Waals surface area contributed by atoms with E-state index in [2.05, 4.69) is 79.5 Å². The Balaban J connectivity index is 0.00000289. The molecule has 0 bridgehead atoms. The first kappa shape index (κ1) is 26.0. The number of fused-ring (bicyclic) bond motifs is 2. The minimum absolute atomic E-state index is 0. The summed E-state index contributed by atoms with van der Waals surface area (Å²) in [6.07, 6.45) is 5.35. The van der Waals surface area contributed by atoms with Crippen molar-refractivity contribution in [3.63, 3.8) is 0 Å². The maximum Gasteiger partial charge on any atom is 0.232 e. The van der Waals surface area contributed by atoms with E-state index < -0.39 is 0 Å². The van der Waals surface area contributed by atoms with Gasteiger partial charge in [0.15, 0.2) is 0 Å². The van der Waals surface area contributed by atoms with Gasteiger partial charge in [0.2, 0.25) is 5.91 Å². The number of carbonyl (C=O) groups is 1. The molecule has 0 unspecified atom stereocenters. The normalized spacial score (nSPS) is 27.9. The fourth-order valence-electron chi connectivity index (χ4n) is 7.27. The Kier molecular flexibility index (Phi) is 8.12. The van der Waals surface area contributed by atoms with Crippen LogP contribution < -0.4 is 22.5 Å². The molecule has 2 fully saturated rings. The predicted molar refractivity (Wildman–Crippen MR) is 136 cm³/mol. The summed E-state index contributed by atoms with van der Waals surface area (Å²) in [5.74, 6) is 2.56. The zero-order valence-corrected chi connectivity index (χ0v) is 22.3. The van der Waals surface area contributed by atoms with Crippen LogP contribution >= 0.6 is 0 Å². The topological polar surface area (TPSA) is 46.2 Å². The number of carbonyl (C=O) groups excluding carboxylic acids is 1. The molecular formula is C30H41ClN2O2. The van der Waals surface area contributed by atoms with Crippen LogP contribution in [-0.4, -0.2) is 43.1 Å². The summed E-state index contributed by atoms with van der Waals surface area (Å²) < 4.78 is 6.13. The maximum atomic E-state index is 14.4. The number of para-hydroxylation sites is 1. The zero-order chi connectivity index (χ0) is 23.7. The molecular weight excluding hydrogens is 456 g/mol. The monoisotopic (exact) mass is 496 g/mol. The summed E-state index contributed by atoms with van der Waals surface area (Å²) in [6.45, 7) is 10.2. The predicted octanol–water partition coefficient (Wildman–Crippen LogP) is 1.42. The van der Waals surface area contributed by atoms with Gasteiger partial charge in [-0.25, -0.2) is 0 Å². The molecule has 3 aliphatic heterocycles. The van der Waals surface area contributed by atoms with Gasteiger partial charge in [0.25, 0.3) is 0 Å². The molecule has 0 aliphatic carbocycles. The molecule has 3 aliphatic rings. The molecule has 5 heteroatoms. The van der Waals surface area contributed by atoms with Gasteiger partial charge < -0.3 is 27.4 Å². The highest BCUT2D eigenvalue weighted by molar-refractivity contribution is 5.82. The number of aryl methyl sites for hydroxylation is 1. The minimum Gasteiger partial charge on any atom is -1.00 e. The van der Waals surface area contributed by atoms with Crippen molar-refractivity contribution in [1.29, 1.82) is 0 Å². The van der Waals surface area contributed by atoms with Crippen LogP contribution in [0.25, 0.3) is 0 Å². The smallest absolute Gasteiger partial charge is 0.232 e. The lowest BCUT2D eigenvalue weighted by atomic mass is 9.67. The second-order valence-corrected chi connectivity index (χ2v) is 10.8. The molecule has 2 aromatic rings. The quantitative estimate of drug-likeness (QED) is 0.680. The summed E-state index contributed by atoms with van der Waals surface area (Å²) in [4.78, 5) is 16.8. The van der Waals surface area contributed by atoms with Crippen molar-refractivity contribution in [2.75, 3.05) is 26.2 Å². The fourth-order valence-corrected chi connectivity index (χ4v) is 7.27. The standard InChI is InChI=1S/C30H40N2O2.ClH/c1-4-22(5-2)27-18-24(23-11-7-6-8-12-23)14-16-32(27)29(33)26-19-31-20-30(26)15-17-34-28-21(3)10-9-13-25(28)30;/h6-13,22,24,26-27,31H,4-5,14-20H2,1-3H3;1H/t24-,26+,27+,30+;/m1./s1. The number of hydrogen-bond donors (Lipinski definition) is 1. The summed E-state index contributed by atoms with van der Waals surface area (Å²) in [5.41, 5.74) is 3.79. The van der Waals surface area contributed by atoms with Crippen molar-refractivity contribution in [1.82, 2.24) is 4.90 Å². The van der Waals surface area contributed by atoms with Crippen molar-refractivity contribution < 1.29 is 27.3 Å². The number of benzene rings is 2. The number of piperidine rings is 1. The molecule has 4 nitrogen and oxygen atoms in total. The van der Waals surface area contributed by atoms with Gasteiger partial charge in [0.05, 0.1) is 25.1 Å². The SMILES string of the molecule is CCC(CC)[C@@H]1C[C@H](c2ccccc2)CCN1C(=O)[C@@H]1C[NH2+]C[C@]12CCOc1c(C)cccc12.[Cl-]. The number of hydrogen-bond acceptors (Lipinski definition) is 2. The molecule has 4 atom stereocenters. The number of nitrogens with zero attached hydrogens (tertiary/aromatic N) is 1. The van der Waals surface area contributed by atoms with E-state index in [4.69, 9.17) is 4.74 Å². The van der Waals surface area contributed by atoms with Gasteiger partial charge in [-0.2, -0.15) is 0 Å². The third-order valence-electron chi connectivity index (χ3n) is 9.21. The molecule has 190 valence electrons. The Labute approximate surface area is 217 Å². The second-order valence-electron chi connectivity index (χ2n) is 10.8. The van der Waals surface area contributed by atoms with Gasteiger partial charge in [0.1, 0.15) is 11.7 Å². The lowest BCUT2D eigenvalue weighted by Gasteiger charge is -2.46. The van der Waals surface area contributed by atoms with Crippen LogP contribution in [-0.2, 0) is 10.2 Å². The van der Waals surface area contributed by atoms with Crippen molar-refractivity contribution in [2.45, 2.75) is 70.3 Å². The van der Waals surface area contributed by atoms with Crippen LogP contribution in [0.15, 0.2) is 48.5 Å². The van der Waals surface area contributed by atoms with Crippen LogP contribution in [0.2, 0.25) is 0 Å². The highest BCUT2D eigenvalue weighted by atomic mass is 35.5. The maximum absolute atomic E-state index is 14.4. The molecule has 1 spiro atoms. The highest BCUT2D eigenvalue weighted by Crippen LogP contribution is 2.47. The summed E-state index contributed by atoms with van der Waals surface area (Å²) in [6, 6.07) is 17.8. The van der Waals surface area contributed by atoms with E-state index in [-0.39, 0.29) is 23.7 Å². The minimum atomic E-state index is -0.106. The van der Waals surface area contributed by atoms with E-state index in [1.165, 1.54) is 16.7 Å². The number of quaternary nitrogens is 1. The Morgan fingerprint density at radius 1 is 1.14 bits per heavy atom. The van der Waals surface area contributed by atoms with Crippen molar-refractivity contribution in [2.24, 2.45) is 11.8 Å². The Bertz CT molecular complexity index is 1010. The summed E-state index contributed by atoms with van der Waals surface area (Å²) in [7, 11) is 0. The van der Waals surface area contributed by atoms with Gasteiger partial charge >= 0.3 is 0 Å². The molecule has 0 aromatic heterocycles. The number of nitrogens with two attached hydrogens (primary N) is 1. The lowest BCUT2D eigenvalue weighted by Crippen LogP contribution is -3.00. The van der Waals surface area contributed by atoms with Gasteiger partial charge in [-0.15, -0.1) is 0 Å². The van der Waals surface area contributed by atoms with Gasteiger partial charge in [0, 0.05) is 18.2 Å². The fraction of sp³-hybridized carbons (Fsp3) is 0.567. The van der Waals surface area contributed by atoms with E-state index in [9.17, 15) is 4.79 Å². The van der Waals surface area contributed by atoms with E-state index in [1.54, 1.807) is 0 Å². The number of amides is 1. The molecule has 3 heterocycles. The van der Waals surface area contributed by atoms with Crippen molar-refractivity contribution in [3.05, 3.63) is 65.2 Å². The molecule has 0 saturated carbocycles. The Morgan fingerprint density at radius 2 is 1.91 bits per heavy atom.